The Labute approximate surface area is 88.9 Å². The van der Waals surface area contributed by atoms with Crippen molar-refractivity contribution in [2.24, 2.45) is 5.73 Å². The highest BCUT2D eigenvalue weighted by Gasteiger charge is 2.13. The summed E-state index contributed by atoms with van der Waals surface area (Å²) in [5.74, 6) is 0.877. The summed E-state index contributed by atoms with van der Waals surface area (Å²) in [7, 11) is 0. The fraction of sp³-hybridized carbons (Fsp3) is 0.250. The third-order valence-corrected chi connectivity index (χ3v) is 2.52. The fourth-order valence-electron chi connectivity index (χ4n) is 1.61. The number of pyridine rings is 1. The Kier molecular flexibility index (Phi) is 2.56. The van der Waals surface area contributed by atoms with E-state index in [1.807, 2.05) is 32.2 Å². The lowest BCUT2D eigenvalue weighted by atomic mass is 10.00. The van der Waals surface area contributed by atoms with Crippen LogP contribution < -0.4 is 5.73 Å². The molecule has 0 aliphatic carbocycles. The number of aryl methyl sites for hydroxylation is 2. The van der Waals surface area contributed by atoms with Gasteiger partial charge in [-0.3, -0.25) is 4.98 Å². The molecule has 0 saturated carbocycles. The first kappa shape index (κ1) is 9.93. The summed E-state index contributed by atoms with van der Waals surface area (Å²) < 4.78 is 5.25. The third kappa shape index (κ3) is 1.92. The van der Waals surface area contributed by atoms with E-state index in [1.165, 1.54) is 0 Å². The third-order valence-electron chi connectivity index (χ3n) is 2.52. The molecule has 0 spiro atoms. The van der Waals surface area contributed by atoms with Crippen molar-refractivity contribution in [2.45, 2.75) is 19.9 Å². The minimum atomic E-state index is -0.156. The molecule has 1 atom stereocenters. The van der Waals surface area contributed by atoms with E-state index in [2.05, 4.69) is 4.98 Å². The standard InChI is InChI=1S/C12H14N2O/c1-8-3-4-14-6-11(8)12(13)10-5-9(2)15-7-10/h3-7,12H,13H2,1-2H3. The Balaban J connectivity index is 2.36. The molecular formula is C12H14N2O. The SMILES string of the molecule is Cc1cc(C(N)c2cnccc2C)co1. The van der Waals surface area contributed by atoms with Crippen LogP contribution in [0, 0.1) is 13.8 Å². The van der Waals surface area contributed by atoms with Crippen molar-refractivity contribution in [3.05, 3.63) is 53.2 Å². The zero-order valence-electron chi connectivity index (χ0n) is 8.90. The van der Waals surface area contributed by atoms with Gasteiger partial charge in [-0.2, -0.15) is 0 Å². The number of furan rings is 1. The molecule has 3 heteroatoms. The molecule has 0 aliphatic heterocycles. The van der Waals surface area contributed by atoms with Crippen molar-refractivity contribution >= 4 is 0 Å². The van der Waals surface area contributed by atoms with Crippen LogP contribution in [0.15, 0.2) is 35.2 Å². The summed E-state index contributed by atoms with van der Waals surface area (Å²) in [5, 5.41) is 0. The van der Waals surface area contributed by atoms with Gasteiger partial charge in [-0.05, 0) is 37.1 Å². The predicted octanol–water partition coefficient (Wildman–Crippen LogP) is 2.34. The maximum Gasteiger partial charge on any atom is 0.101 e. The first-order valence-corrected chi connectivity index (χ1v) is 4.89. The Morgan fingerprint density at radius 2 is 2.20 bits per heavy atom. The van der Waals surface area contributed by atoms with E-state index in [4.69, 9.17) is 10.2 Å². The van der Waals surface area contributed by atoms with E-state index in [9.17, 15) is 0 Å². The van der Waals surface area contributed by atoms with Gasteiger partial charge in [-0.1, -0.05) is 0 Å². The molecule has 2 rings (SSSR count). The van der Waals surface area contributed by atoms with Crippen LogP contribution in [0.1, 0.15) is 28.5 Å². The molecular weight excluding hydrogens is 188 g/mol. The van der Waals surface area contributed by atoms with Crippen molar-refractivity contribution in [3.63, 3.8) is 0 Å². The zero-order valence-corrected chi connectivity index (χ0v) is 8.90. The maximum absolute atomic E-state index is 6.13. The van der Waals surface area contributed by atoms with Crippen LogP contribution in [-0.4, -0.2) is 4.98 Å². The fourth-order valence-corrected chi connectivity index (χ4v) is 1.61. The van der Waals surface area contributed by atoms with Gasteiger partial charge in [0.15, 0.2) is 0 Å². The Bertz CT molecular complexity index is 462. The van der Waals surface area contributed by atoms with Gasteiger partial charge in [0, 0.05) is 18.0 Å². The van der Waals surface area contributed by atoms with Gasteiger partial charge < -0.3 is 10.2 Å². The van der Waals surface area contributed by atoms with Gasteiger partial charge in [-0.25, -0.2) is 0 Å². The Morgan fingerprint density at radius 3 is 2.80 bits per heavy atom. The lowest BCUT2D eigenvalue weighted by molar-refractivity contribution is 0.530. The van der Waals surface area contributed by atoms with Gasteiger partial charge in [0.05, 0.1) is 12.3 Å². The van der Waals surface area contributed by atoms with E-state index < -0.39 is 0 Å². The topological polar surface area (TPSA) is 52.0 Å². The summed E-state index contributed by atoms with van der Waals surface area (Å²) in [6, 6.07) is 3.76. The van der Waals surface area contributed by atoms with Crippen LogP contribution in [0.5, 0.6) is 0 Å². The molecule has 78 valence electrons. The molecule has 0 aliphatic rings. The molecule has 2 aromatic heterocycles. The molecule has 0 radical (unpaired) electrons. The average molecular weight is 202 g/mol. The second-order valence-electron chi connectivity index (χ2n) is 3.70. The minimum Gasteiger partial charge on any atom is -0.469 e. The van der Waals surface area contributed by atoms with Gasteiger partial charge in [-0.15, -0.1) is 0 Å². The monoisotopic (exact) mass is 202 g/mol. The number of aromatic nitrogens is 1. The number of nitrogens with two attached hydrogens (primary N) is 1. The second-order valence-corrected chi connectivity index (χ2v) is 3.70. The van der Waals surface area contributed by atoms with Crippen molar-refractivity contribution in [1.82, 2.24) is 4.98 Å². The van der Waals surface area contributed by atoms with E-state index in [0.717, 1.165) is 22.5 Å². The molecule has 0 saturated heterocycles. The van der Waals surface area contributed by atoms with Crippen LogP contribution in [0.3, 0.4) is 0 Å². The van der Waals surface area contributed by atoms with Crippen molar-refractivity contribution in [2.75, 3.05) is 0 Å². The normalized spacial score (nSPS) is 12.7. The molecule has 3 nitrogen and oxygen atoms in total. The maximum atomic E-state index is 6.13. The molecule has 0 fully saturated rings. The highest BCUT2D eigenvalue weighted by atomic mass is 16.3. The van der Waals surface area contributed by atoms with Crippen molar-refractivity contribution in [3.8, 4) is 0 Å². The quantitative estimate of drug-likeness (QED) is 0.813. The van der Waals surface area contributed by atoms with Crippen LogP contribution >= 0.6 is 0 Å². The second kappa shape index (κ2) is 3.87. The molecule has 0 aromatic carbocycles. The molecule has 1 unspecified atom stereocenters. The summed E-state index contributed by atoms with van der Waals surface area (Å²) in [4.78, 5) is 4.09. The van der Waals surface area contributed by atoms with E-state index in [0.29, 0.717) is 0 Å². The lowest BCUT2D eigenvalue weighted by Crippen LogP contribution is -2.12. The average Bonchev–Trinajstić information content (AvgIpc) is 2.65. The summed E-state index contributed by atoms with van der Waals surface area (Å²) in [5.41, 5.74) is 9.31. The number of rotatable bonds is 2. The largest absolute Gasteiger partial charge is 0.469 e. The van der Waals surface area contributed by atoms with Crippen LogP contribution in [0.25, 0.3) is 0 Å². The van der Waals surface area contributed by atoms with Gasteiger partial charge in [0.1, 0.15) is 5.76 Å². The molecule has 15 heavy (non-hydrogen) atoms. The van der Waals surface area contributed by atoms with Crippen molar-refractivity contribution < 1.29 is 4.42 Å². The number of hydrogen-bond acceptors (Lipinski definition) is 3. The first-order chi connectivity index (χ1) is 7.18. The van der Waals surface area contributed by atoms with Crippen LogP contribution in [-0.2, 0) is 0 Å². The van der Waals surface area contributed by atoms with Gasteiger partial charge in [0.2, 0.25) is 0 Å². The lowest BCUT2D eigenvalue weighted by Gasteiger charge is -2.11. The molecule has 0 bridgehead atoms. The Morgan fingerprint density at radius 1 is 1.40 bits per heavy atom. The van der Waals surface area contributed by atoms with E-state index in [1.54, 1.807) is 12.5 Å². The highest BCUT2D eigenvalue weighted by molar-refractivity contribution is 5.33. The molecule has 0 amide bonds. The number of nitrogens with zero attached hydrogens (tertiary/aromatic N) is 1. The Hall–Kier alpha value is -1.61. The summed E-state index contributed by atoms with van der Waals surface area (Å²) >= 11 is 0. The summed E-state index contributed by atoms with van der Waals surface area (Å²) in [6.45, 7) is 3.94. The number of hydrogen-bond donors (Lipinski definition) is 1. The molecule has 2 aromatic rings. The van der Waals surface area contributed by atoms with Gasteiger partial charge >= 0.3 is 0 Å². The molecule has 2 N–H and O–H groups in total. The zero-order chi connectivity index (χ0) is 10.8. The van der Waals surface area contributed by atoms with Crippen LogP contribution in [0.4, 0.5) is 0 Å². The first-order valence-electron chi connectivity index (χ1n) is 4.89. The summed E-state index contributed by atoms with van der Waals surface area (Å²) in [6.07, 6.45) is 5.28. The van der Waals surface area contributed by atoms with Crippen molar-refractivity contribution in [1.29, 1.82) is 0 Å². The van der Waals surface area contributed by atoms with E-state index in [-0.39, 0.29) is 6.04 Å². The molecule has 2 heterocycles. The van der Waals surface area contributed by atoms with E-state index >= 15 is 0 Å². The smallest absolute Gasteiger partial charge is 0.101 e. The van der Waals surface area contributed by atoms with Crippen LogP contribution in [0.2, 0.25) is 0 Å². The minimum absolute atomic E-state index is 0.156. The van der Waals surface area contributed by atoms with Gasteiger partial charge in [0.25, 0.3) is 0 Å². The highest BCUT2D eigenvalue weighted by Crippen LogP contribution is 2.23. The predicted molar refractivity (Wildman–Crippen MR) is 58.4 cm³/mol.